The molecule has 32 heavy (non-hydrogen) atoms. The Hall–Kier alpha value is -3.94. The van der Waals surface area contributed by atoms with E-state index in [0.717, 1.165) is 11.1 Å². The number of aryl methyl sites for hydroxylation is 1. The largest absolute Gasteiger partial charge is 0.464 e. The molecule has 1 N–H and O–H groups in total. The minimum Gasteiger partial charge on any atom is -0.464 e. The zero-order valence-electron chi connectivity index (χ0n) is 18.2. The number of carbonyl (C=O) groups is 3. The molecule has 1 aliphatic rings. The van der Waals surface area contributed by atoms with Crippen molar-refractivity contribution in [2.45, 2.75) is 32.5 Å². The van der Waals surface area contributed by atoms with E-state index >= 15 is 0 Å². The molecule has 0 bridgehead atoms. The molecule has 0 fully saturated rings. The lowest BCUT2D eigenvalue weighted by atomic mass is 9.93. The third-order valence-corrected chi connectivity index (χ3v) is 5.67. The molecule has 0 spiro atoms. The third-order valence-electron chi connectivity index (χ3n) is 5.67. The molecule has 0 aliphatic carbocycles. The fourth-order valence-electron chi connectivity index (χ4n) is 3.94. The molecule has 0 saturated carbocycles. The molecule has 0 radical (unpaired) electrons. The van der Waals surface area contributed by atoms with Gasteiger partial charge in [-0.25, -0.2) is 9.78 Å². The van der Waals surface area contributed by atoms with Gasteiger partial charge >= 0.3 is 5.97 Å². The molecule has 2 heterocycles. The van der Waals surface area contributed by atoms with E-state index in [1.54, 1.807) is 23.6 Å². The van der Waals surface area contributed by atoms with Gasteiger partial charge in [-0.1, -0.05) is 48.0 Å². The fraction of sp³-hybridized carbons (Fsp3) is 0.250. The molecule has 2 amide bonds. The molecule has 1 atom stereocenters. The molecule has 164 valence electrons. The lowest BCUT2D eigenvalue weighted by molar-refractivity contribution is -0.126. The smallest absolute Gasteiger partial charge is 0.359 e. The molecule has 0 saturated heterocycles. The number of ether oxygens (including phenoxy) is 1. The van der Waals surface area contributed by atoms with Crippen molar-refractivity contribution >= 4 is 23.5 Å². The number of imidazole rings is 1. The quantitative estimate of drug-likeness (QED) is 0.626. The first-order valence-electron chi connectivity index (χ1n) is 10.2. The average molecular weight is 432 g/mol. The minimum atomic E-state index is -1.25. The number of esters is 1. The maximum absolute atomic E-state index is 13.7. The van der Waals surface area contributed by atoms with Crippen molar-refractivity contribution in [2.75, 3.05) is 12.0 Å². The van der Waals surface area contributed by atoms with Crippen molar-refractivity contribution in [3.8, 4) is 0 Å². The van der Waals surface area contributed by atoms with Gasteiger partial charge in [-0.2, -0.15) is 0 Å². The van der Waals surface area contributed by atoms with E-state index in [0.29, 0.717) is 12.2 Å². The first-order chi connectivity index (χ1) is 15.3. The molecule has 8 heteroatoms. The zero-order valence-corrected chi connectivity index (χ0v) is 18.2. The first-order valence-corrected chi connectivity index (χ1v) is 10.2. The van der Waals surface area contributed by atoms with Crippen LogP contribution in [0.5, 0.6) is 0 Å². The van der Waals surface area contributed by atoms with Gasteiger partial charge in [0.1, 0.15) is 11.2 Å². The Bertz CT molecular complexity index is 1170. The summed E-state index contributed by atoms with van der Waals surface area (Å²) < 4.78 is 6.33. The molecule has 1 aromatic heterocycles. The van der Waals surface area contributed by atoms with E-state index in [4.69, 9.17) is 4.74 Å². The lowest BCUT2D eigenvalue weighted by Gasteiger charge is -2.43. The average Bonchev–Trinajstić information content (AvgIpc) is 3.22. The van der Waals surface area contributed by atoms with E-state index < -0.39 is 17.4 Å². The molecule has 1 aliphatic heterocycles. The van der Waals surface area contributed by atoms with Crippen molar-refractivity contribution in [3.63, 3.8) is 0 Å². The number of amides is 2. The van der Waals surface area contributed by atoms with Gasteiger partial charge in [0, 0.05) is 12.2 Å². The van der Waals surface area contributed by atoms with Crippen LogP contribution >= 0.6 is 0 Å². The van der Waals surface area contributed by atoms with Gasteiger partial charge < -0.3 is 14.6 Å². The number of nitrogens with zero attached hydrogens (tertiary/aromatic N) is 3. The summed E-state index contributed by atoms with van der Waals surface area (Å²) in [6.07, 6.45) is 1.40. The van der Waals surface area contributed by atoms with Gasteiger partial charge in [-0.3, -0.25) is 14.5 Å². The Morgan fingerprint density at radius 3 is 2.47 bits per heavy atom. The summed E-state index contributed by atoms with van der Waals surface area (Å²) in [6, 6.07) is 16.9. The van der Waals surface area contributed by atoms with Crippen molar-refractivity contribution < 1.29 is 19.1 Å². The fourth-order valence-corrected chi connectivity index (χ4v) is 3.94. The highest BCUT2D eigenvalue weighted by molar-refractivity contribution is 6.15. The van der Waals surface area contributed by atoms with E-state index in [2.05, 4.69) is 10.3 Å². The Labute approximate surface area is 185 Å². The number of hydrogen-bond donors (Lipinski definition) is 1. The predicted molar refractivity (Wildman–Crippen MR) is 118 cm³/mol. The van der Waals surface area contributed by atoms with E-state index in [9.17, 15) is 14.4 Å². The molecule has 0 unspecified atom stereocenters. The van der Waals surface area contributed by atoms with Gasteiger partial charge in [-0.15, -0.1) is 0 Å². The Kier molecular flexibility index (Phi) is 5.52. The lowest BCUT2D eigenvalue weighted by Crippen LogP contribution is -2.64. The first kappa shape index (κ1) is 21.3. The number of carbonyl (C=O) groups excluding carboxylic acids is 3. The second kappa shape index (κ2) is 8.30. The molecular formula is C24H24N4O4. The number of methoxy groups -OCH3 is 1. The normalized spacial score (nSPS) is 17.6. The maximum atomic E-state index is 13.7. The van der Waals surface area contributed by atoms with Gasteiger partial charge in [0.05, 0.1) is 20.0 Å². The summed E-state index contributed by atoms with van der Waals surface area (Å²) in [7, 11) is 1.24. The van der Waals surface area contributed by atoms with Gasteiger partial charge in [0.25, 0.3) is 5.91 Å². The van der Waals surface area contributed by atoms with Crippen molar-refractivity contribution in [1.82, 2.24) is 14.9 Å². The summed E-state index contributed by atoms with van der Waals surface area (Å²) in [5, 5.41) is 2.95. The van der Waals surface area contributed by atoms with Crippen LogP contribution in [0.4, 0.5) is 5.69 Å². The van der Waals surface area contributed by atoms with Crippen LogP contribution in [-0.2, 0) is 22.6 Å². The number of anilines is 1. The number of aromatic nitrogens is 2. The summed E-state index contributed by atoms with van der Waals surface area (Å²) in [6.45, 7) is 4.12. The van der Waals surface area contributed by atoms with E-state index in [-0.39, 0.29) is 23.8 Å². The number of fused-ring (bicyclic) bond motifs is 1. The minimum absolute atomic E-state index is 0.0682. The van der Waals surface area contributed by atoms with Crippen LogP contribution in [0.3, 0.4) is 0 Å². The van der Waals surface area contributed by atoms with Crippen LogP contribution in [0.1, 0.15) is 39.0 Å². The Morgan fingerprint density at radius 2 is 1.81 bits per heavy atom. The third kappa shape index (κ3) is 3.64. The number of benzene rings is 2. The predicted octanol–water partition coefficient (Wildman–Crippen LogP) is 2.71. The summed E-state index contributed by atoms with van der Waals surface area (Å²) in [5.74, 6) is -1.50. The summed E-state index contributed by atoms with van der Waals surface area (Å²) in [5.41, 5.74) is 1.31. The molecular weight excluding hydrogens is 408 g/mol. The second-order valence-corrected chi connectivity index (χ2v) is 7.98. The second-order valence-electron chi connectivity index (χ2n) is 7.98. The summed E-state index contributed by atoms with van der Waals surface area (Å²) in [4.78, 5) is 44.9. The maximum Gasteiger partial charge on any atom is 0.359 e. The van der Waals surface area contributed by atoms with Gasteiger partial charge in [0.15, 0.2) is 5.69 Å². The Morgan fingerprint density at radius 1 is 1.12 bits per heavy atom. The highest BCUT2D eigenvalue weighted by Crippen LogP contribution is 2.34. The van der Waals surface area contributed by atoms with Crippen molar-refractivity contribution in [2.24, 2.45) is 0 Å². The topological polar surface area (TPSA) is 93.5 Å². The van der Waals surface area contributed by atoms with Crippen LogP contribution in [0, 0.1) is 6.92 Å². The van der Waals surface area contributed by atoms with Crippen molar-refractivity contribution in [1.29, 1.82) is 0 Å². The van der Waals surface area contributed by atoms with E-state index in [1.165, 1.54) is 18.3 Å². The van der Waals surface area contributed by atoms with Crippen LogP contribution in [0.25, 0.3) is 0 Å². The monoisotopic (exact) mass is 432 g/mol. The van der Waals surface area contributed by atoms with Crippen LogP contribution in [0.15, 0.2) is 60.9 Å². The van der Waals surface area contributed by atoms with Gasteiger partial charge in [-0.05, 0) is 31.5 Å². The highest BCUT2D eigenvalue weighted by Gasteiger charge is 2.49. The molecule has 8 nitrogen and oxygen atoms in total. The number of hydrogen-bond acceptors (Lipinski definition) is 5. The molecule has 3 aromatic rings. The molecule has 4 rings (SSSR count). The summed E-state index contributed by atoms with van der Waals surface area (Å²) >= 11 is 0. The highest BCUT2D eigenvalue weighted by atomic mass is 16.5. The SMILES string of the molecule is COC(=O)c1ncn2c1C(=O)N(c1ccc(C)cc1)[C@@](C)(C(=O)NCc1ccccc1)C2. The zero-order chi connectivity index (χ0) is 22.9. The van der Waals surface area contributed by atoms with Crippen molar-refractivity contribution in [3.05, 3.63) is 83.4 Å². The van der Waals surface area contributed by atoms with E-state index in [1.807, 2.05) is 49.4 Å². The van der Waals surface area contributed by atoms with Crippen LogP contribution in [0.2, 0.25) is 0 Å². The number of rotatable bonds is 5. The van der Waals surface area contributed by atoms with Crippen LogP contribution < -0.4 is 10.2 Å². The standard InChI is InChI=1S/C24H24N4O4/c1-16-9-11-18(12-10-16)28-21(29)20-19(22(30)32-3)26-15-27(20)14-24(28,2)23(31)25-13-17-7-5-4-6-8-17/h4-12,15H,13-14H2,1-3H3,(H,25,31)/t24-/m1/s1. The van der Waals surface area contributed by atoms with Gasteiger partial charge in [0.2, 0.25) is 5.91 Å². The number of nitrogens with one attached hydrogen (secondary N) is 1. The van der Waals surface area contributed by atoms with Crippen LogP contribution in [-0.4, -0.2) is 40.0 Å². The Balaban J connectivity index is 1.75. The molecule has 2 aromatic carbocycles.